The summed E-state index contributed by atoms with van der Waals surface area (Å²) in [7, 11) is 0. The van der Waals surface area contributed by atoms with Crippen LogP contribution in [0, 0.1) is 0 Å². The van der Waals surface area contributed by atoms with Crippen LogP contribution in [-0.4, -0.2) is 23.7 Å². The van der Waals surface area contributed by atoms with Gasteiger partial charge in [-0.25, -0.2) is 4.79 Å². The second-order valence-corrected chi connectivity index (χ2v) is 6.94. The molecule has 0 aliphatic rings. The van der Waals surface area contributed by atoms with E-state index in [0.717, 1.165) is 12.8 Å². The Morgan fingerprint density at radius 2 is 1.12 bits per heavy atom. The van der Waals surface area contributed by atoms with Crippen LogP contribution in [-0.2, 0) is 14.5 Å². The molecule has 148 valence electrons. The molecule has 1 amide bonds. The first-order valence-electron chi connectivity index (χ1n) is 10.3. The predicted molar refractivity (Wildman–Crippen MR) is 101 cm³/mol. The molecule has 5 nitrogen and oxygen atoms in total. The first-order valence-corrected chi connectivity index (χ1v) is 10.3. The van der Waals surface area contributed by atoms with Crippen LogP contribution in [0.3, 0.4) is 0 Å². The van der Waals surface area contributed by atoms with Gasteiger partial charge in [-0.3, -0.25) is 9.68 Å². The Labute approximate surface area is 153 Å². The Morgan fingerprint density at radius 3 is 1.52 bits per heavy atom. The third-order valence-corrected chi connectivity index (χ3v) is 4.54. The summed E-state index contributed by atoms with van der Waals surface area (Å²) in [6.07, 6.45) is 19.9. The van der Waals surface area contributed by atoms with Gasteiger partial charge in [-0.15, -0.1) is 0 Å². The zero-order valence-electron chi connectivity index (χ0n) is 16.2. The molecule has 0 aliphatic carbocycles. The van der Waals surface area contributed by atoms with Crippen molar-refractivity contribution in [2.45, 2.75) is 110 Å². The normalized spacial score (nSPS) is 10.6. The highest BCUT2D eigenvalue weighted by Gasteiger charge is 2.05. The number of amides is 1. The summed E-state index contributed by atoms with van der Waals surface area (Å²) in [6.45, 7) is 1.99. The van der Waals surface area contributed by atoms with Crippen molar-refractivity contribution in [3.05, 3.63) is 0 Å². The molecule has 0 unspecified atom stereocenters. The van der Waals surface area contributed by atoms with Gasteiger partial charge >= 0.3 is 5.97 Å². The lowest BCUT2D eigenvalue weighted by Gasteiger charge is -2.04. The molecule has 0 fully saturated rings. The van der Waals surface area contributed by atoms with Crippen LogP contribution in [0.15, 0.2) is 0 Å². The van der Waals surface area contributed by atoms with Crippen molar-refractivity contribution in [1.82, 2.24) is 5.32 Å². The molecule has 0 aliphatic heterocycles. The second kappa shape index (κ2) is 19.2. The SMILES string of the molecule is CCCCCCCCCCCCCCCCCC(=O)NCC(=O)OO. The summed E-state index contributed by atoms with van der Waals surface area (Å²) in [4.78, 5) is 25.5. The van der Waals surface area contributed by atoms with Crippen molar-refractivity contribution >= 4 is 11.9 Å². The van der Waals surface area contributed by atoms with Crippen molar-refractivity contribution in [3.8, 4) is 0 Å². The number of rotatable bonds is 18. The topological polar surface area (TPSA) is 75.6 Å². The van der Waals surface area contributed by atoms with Crippen molar-refractivity contribution in [1.29, 1.82) is 0 Å². The van der Waals surface area contributed by atoms with E-state index in [1.54, 1.807) is 0 Å². The van der Waals surface area contributed by atoms with Crippen LogP contribution in [0.1, 0.15) is 110 Å². The number of hydrogen-bond acceptors (Lipinski definition) is 4. The standard InChI is InChI=1S/C20H39NO4/c1-2-3-4-5-6-7-8-9-10-11-12-13-14-15-16-17-19(22)21-18-20(23)25-24/h24H,2-18H2,1H3,(H,21,22). The minimum atomic E-state index is -0.843. The molecule has 0 spiro atoms. The lowest BCUT2D eigenvalue weighted by atomic mass is 10.0. The molecule has 0 aromatic heterocycles. The van der Waals surface area contributed by atoms with Gasteiger partial charge in [0.05, 0.1) is 0 Å². The fourth-order valence-corrected chi connectivity index (χ4v) is 2.95. The van der Waals surface area contributed by atoms with Crippen molar-refractivity contribution in [2.75, 3.05) is 6.54 Å². The van der Waals surface area contributed by atoms with E-state index in [1.165, 1.54) is 83.5 Å². The van der Waals surface area contributed by atoms with E-state index >= 15 is 0 Å². The fourth-order valence-electron chi connectivity index (χ4n) is 2.95. The van der Waals surface area contributed by atoms with Gasteiger partial charge in [0.2, 0.25) is 5.91 Å². The van der Waals surface area contributed by atoms with Crippen LogP contribution in [0.25, 0.3) is 0 Å². The smallest absolute Gasteiger partial charge is 0.345 e. The van der Waals surface area contributed by atoms with Crippen LogP contribution >= 0.6 is 0 Å². The molecule has 0 rings (SSSR count). The van der Waals surface area contributed by atoms with Gasteiger partial charge in [-0.1, -0.05) is 96.8 Å². The van der Waals surface area contributed by atoms with E-state index < -0.39 is 5.97 Å². The van der Waals surface area contributed by atoms with E-state index in [-0.39, 0.29) is 12.5 Å². The van der Waals surface area contributed by atoms with E-state index in [9.17, 15) is 9.59 Å². The molecule has 0 aromatic carbocycles. The Kier molecular flexibility index (Phi) is 18.4. The monoisotopic (exact) mass is 357 g/mol. The third-order valence-electron chi connectivity index (χ3n) is 4.54. The molecule has 0 aromatic rings. The van der Waals surface area contributed by atoms with Gasteiger partial charge in [0.15, 0.2) is 0 Å². The Bertz CT molecular complexity index is 321. The molecule has 0 bridgehead atoms. The highest BCUT2D eigenvalue weighted by Crippen LogP contribution is 2.13. The number of hydrogen-bond donors (Lipinski definition) is 2. The third kappa shape index (κ3) is 19.1. The average Bonchev–Trinajstić information content (AvgIpc) is 2.62. The van der Waals surface area contributed by atoms with Gasteiger partial charge in [-0.2, -0.15) is 5.26 Å². The Morgan fingerprint density at radius 1 is 0.720 bits per heavy atom. The molecule has 0 heterocycles. The van der Waals surface area contributed by atoms with Crippen LogP contribution in [0.2, 0.25) is 0 Å². The number of unbranched alkanes of at least 4 members (excludes halogenated alkanes) is 14. The fraction of sp³-hybridized carbons (Fsp3) is 0.900. The maximum Gasteiger partial charge on any atom is 0.360 e. The maximum absolute atomic E-state index is 11.4. The van der Waals surface area contributed by atoms with Crippen LogP contribution < -0.4 is 5.32 Å². The molecule has 2 N–H and O–H groups in total. The number of carbonyl (C=O) groups is 2. The molecule has 0 saturated heterocycles. The van der Waals surface area contributed by atoms with Crippen molar-refractivity contribution < 1.29 is 19.7 Å². The summed E-state index contributed by atoms with van der Waals surface area (Å²) in [5, 5.41) is 10.5. The predicted octanol–water partition coefficient (Wildman–Crippen LogP) is 5.38. The van der Waals surface area contributed by atoms with E-state index in [2.05, 4.69) is 17.1 Å². The number of carbonyl (C=O) groups excluding carboxylic acids is 2. The summed E-state index contributed by atoms with van der Waals surface area (Å²) in [5.41, 5.74) is 0. The molecular formula is C20H39NO4. The first kappa shape index (κ1) is 23.9. The largest absolute Gasteiger partial charge is 0.360 e. The molecule has 0 radical (unpaired) electrons. The Balaban J connectivity index is 3.14. The summed E-state index contributed by atoms with van der Waals surface area (Å²) < 4.78 is 0. The zero-order valence-corrected chi connectivity index (χ0v) is 16.2. The van der Waals surface area contributed by atoms with Crippen molar-refractivity contribution in [2.24, 2.45) is 0 Å². The lowest BCUT2D eigenvalue weighted by Crippen LogP contribution is -2.29. The first-order chi connectivity index (χ1) is 12.2. The highest BCUT2D eigenvalue weighted by molar-refractivity contribution is 5.81. The van der Waals surface area contributed by atoms with Crippen molar-refractivity contribution in [3.63, 3.8) is 0 Å². The summed E-state index contributed by atoms with van der Waals surface area (Å²) >= 11 is 0. The average molecular weight is 358 g/mol. The molecule has 0 saturated carbocycles. The van der Waals surface area contributed by atoms with Crippen LogP contribution in [0.5, 0.6) is 0 Å². The molecule has 25 heavy (non-hydrogen) atoms. The quantitative estimate of drug-likeness (QED) is 0.196. The molecular weight excluding hydrogens is 318 g/mol. The van der Waals surface area contributed by atoms with Gasteiger partial charge in [0, 0.05) is 6.42 Å². The highest BCUT2D eigenvalue weighted by atomic mass is 17.1. The summed E-state index contributed by atoms with van der Waals surface area (Å²) in [5.74, 6) is -1.01. The van der Waals surface area contributed by atoms with E-state index in [0.29, 0.717) is 6.42 Å². The van der Waals surface area contributed by atoms with E-state index in [1.807, 2.05) is 0 Å². The van der Waals surface area contributed by atoms with E-state index in [4.69, 9.17) is 5.26 Å². The van der Waals surface area contributed by atoms with Gasteiger partial charge in [-0.05, 0) is 6.42 Å². The van der Waals surface area contributed by atoms with Gasteiger partial charge < -0.3 is 5.32 Å². The molecule has 5 heteroatoms. The molecule has 0 atom stereocenters. The lowest BCUT2D eigenvalue weighted by molar-refractivity contribution is -0.233. The van der Waals surface area contributed by atoms with Crippen LogP contribution in [0.4, 0.5) is 0 Å². The number of nitrogens with one attached hydrogen (secondary N) is 1. The van der Waals surface area contributed by atoms with Gasteiger partial charge in [0.1, 0.15) is 6.54 Å². The minimum absolute atomic E-state index is 0.167. The maximum atomic E-state index is 11.4. The second-order valence-electron chi connectivity index (χ2n) is 6.94. The minimum Gasteiger partial charge on any atom is -0.345 e. The zero-order chi connectivity index (χ0) is 18.6. The summed E-state index contributed by atoms with van der Waals surface area (Å²) in [6, 6.07) is 0. The Hall–Kier alpha value is -1.10. The van der Waals surface area contributed by atoms with Gasteiger partial charge in [0.25, 0.3) is 0 Å².